The zero-order valence-electron chi connectivity index (χ0n) is 12.4. The molecule has 0 bridgehead atoms. The van der Waals surface area contributed by atoms with Crippen LogP contribution in [0.25, 0.3) is 10.2 Å². The minimum absolute atomic E-state index is 0.165. The minimum atomic E-state index is -0.965. The molecular weight excluding hydrogens is 338 g/mol. The lowest BCUT2D eigenvalue weighted by Gasteiger charge is -2.00. The summed E-state index contributed by atoms with van der Waals surface area (Å²) in [4.78, 5) is 16.4. The molecule has 4 rings (SSSR count). The van der Waals surface area contributed by atoms with Crippen molar-refractivity contribution in [2.45, 2.75) is 0 Å². The maximum Gasteiger partial charge on any atom is 0.285 e. The Balaban J connectivity index is 1.86. The standard InChI is InChI=1S/C16H10F2N2O3S/c1-20-10-5-11-12(23-7-22-11)6-13(10)24-16(20)19-15(21)14-8(17)3-2-4-9(14)18/h2-6H,7H2,1H3. The predicted octanol–water partition coefficient (Wildman–Crippen LogP) is 2.99. The number of rotatable bonds is 1. The number of hydrogen-bond acceptors (Lipinski definition) is 4. The zero-order chi connectivity index (χ0) is 16.8. The molecule has 1 aromatic heterocycles. The number of benzene rings is 2. The number of nitrogens with zero attached hydrogens (tertiary/aromatic N) is 2. The number of thiazole rings is 1. The summed E-state index contributed by atoms with van der Waals surface area (Å²) in [6.07, 6.45) is 0. The number of carbonyl (C=O) groups is 1. The van der Waals surface area contributed by atoms with E-state index in [4.69, 9.17) is 9.47 Å². The Kier molecular flexibility index (Phi) is 3.34. The Morgan fingerprint density at radius 1 is 1.21 bits per heavy atom. The summed E-state index contributed by atoms with van der Waals surface area (Å²) in [5.41, 5.74) is 0.119. The average Bonchev–Trinajstić information content (AvgIpc) is 3.10. The normalized spacial score (nSPS) is 13.7. The van der Waals surface area contributed by atoms with Crippen molar-refractivity contribution < 1.29 is 23.0 Å². The van der Waals surface area contributed by atoms with Crippen LogP contribution in [0.1, 0.15) is 10.4 Å². The van der Waals surface area contributed by atoms with Gasteiger partial charge in [0, 0.05) is 19.2 Å². The Labute approximate surface area is 138 Å². The molecule has 8 heteroatoms. The van der Waals surface area contributed by atoms with Gasteiger partial charge in [0.15, 0.2) is 16.3 Å². The van der Waals surface area contributed by atoms with E-state index in [1.807, 2.05) is 0 Å². The number of halogens is 2. The molecule has 122 valence electrons. The molecule has 0 saturated carbocycles. The lowest BCUT2D eigenvalue weighted by molar-refractivity contribution is 0.0990. The molecule has 3 aromatic rings. The topological polar surface area (TPSA) is 52.8 Å². The van der Waals surface area contributed by atoms with Gasteiger partial charge >= 0.3 is 0 Å². The van der Waals surface area contributed by atoms with Crippen molar-refractivity contribution in [1.82, 2.24) is 4.57 Å². The lowest BCUT2D eigenvalue weighted by Crippen LogP contribution is -2.14. The smallest absolute Gasteiger partial charge is 0.285 e. The van der Waals surface area contributed by atoms with Gasteiger partial charge in [-0.25, -0.2) is 8.78 Å². The van der Waals surface area contributed by atoms with Crippen LogP contribution >= 0.6 is 11.3 Å². The van der Waals surface area contributed by atoms with Crippen LogP contribution in [-0.2, 0) is 7.05 Å². The Bertz CT molecular complexity index is 1040. The third-order valence-electron chi connectivity index (χ3n) is 3.68. The summed E-state index contributed by atoms with van der Waals surface area (Å²) >= 11 is 1.22. The van der Waals surface area contributed by atoms with E-state index in [-0.39, 0.29) is 6.79 Å². The van der Waals surface area contributed by atoms with Gasteiger partial charge in [0.1, 0.15) is 17.2 Å². The summed E-state index contributed by atoms with van der Waals surface area (Å²) in [5.74, 6) is -1.62. The molecule has 0 radical (unpaired) electrons. The predicted molar refractivity (Wildman–Crippen MR) is 83.2 cm³/mol. The van der Waals surface area contributed by atoms with Crippen molar-refractivity contribution in [1.29, 1.82) is 0 Å². The van der Waals surface area contributed by atoms with Crippen molar-refractivity contribution in [3.8, 4) is 11.5 Å². The van der Waals surface area contributed by atoms with E-state index in [0.717, 1.165) is 22.3 Å². The molecule has 0 spiro atoms. The van der Waals surface area contributed by atoms with Crippen LogP contribution in [0.3, 0.4) is 0 Å². The molecule has 5 nitrogen and oxygen atoms in total. The van der Waals surface area contributed by atoms with Crippen molar-refractivity contribution >= 4 is 27.5 Å². The Hall–Kier alpha value is -2.74. The molecule has 0 atom stereocenters. The highest BCUT2D eigenvalue weighted by atomic mass is 32.1. The molecule has 0 aliphatic carbocycles. The van der Waals surface area contributed by atoms with Crippen molar-refractivity contribution in [2.75, 3.05) is 6.79 Å². The van der Waals surface area contributed by atoms with Crippen molar-refractivity contribution in [3.63, 3.8) is 0 Å². The van der Waals surface area contributed by atoms with E-state index >= 15 is 0 Å². The van der Waals surface area contributed by atoms with Crippen LogP contribution in [0.15, 0.2) is 35.3 Å². The van der Waals surface area contributed by atoms with Gasteiger partial charge in [-0.15, -0.1) is 0 Å². The molecule has 1 amide bonds. The molecule has 1 aliphatic rings. The second-order valence-corrected chi connectivity index (χ2v) is 6.14. The minimum Gasteiger partial charge on any atom is -0.454 e. The molecule has 0 fully saturated rings. The van der Waals surface area contributed by atoms with Gasteiger partial charge in [0.05, 0.1) is 10.2 Å². The average molecular weight is 348 g/mol. The molecular formula is C16H10F2N2O3S. The highest BCUT2D eigenvalue weighted by Gasteiger charge is 2.19. The van der Waals surface area contributed by atoms with Crippen molar-refractivity contribution in [3.05, 3.63) is 52.3 Å². The largest absolute Gasteiger partial charge is 0.454 e. The van der Waals surface area contributed by atoms with Gasteiger partial charge in [-0.2, -0.15) is 4.99 Å². The molecule has 2 aromatic carbocycles. The Morgan fingerprint density at radius 3 is 2.58 bits per heavy atom. The quantitative estimate of drug-likeness (QED) is 0.679. The summed E-state index contributed by atoms with van der Waals surface area (Å²) in [7, 11) is 1.71. The SMILES string of the molecule is Cn1c(=NC(=O)c2c(F)cccc2F)sc2cc3c(cc21)OCO3. The van der Waals surface area contributed by atoms with E-state index in [0.29, 0.717) is 16.3 Å². The zero-order valence-corrected chi connectivity index (χ0v) is 13.2. The second-order valence-electron chi connectivity index (χ2n) is 5.13. The van der Waals surface area contributed by atoms with E-state index in [9.17, 15) is 13.6 Å². The molecule has 1 aliphatic heterocycles. The maximum absolute atomic E-state index is 13.7. The van der Waals surface area contributed by atoms with E-state index in [1.165, 1.54) is 17.4 Å². The summed E-state index contributed by atoms with van der Waals surface area (Å²) in [5, 5.41) is 0. The van der Waals surface area contributed by atoms with Crippen LogP contribution in [0.5, 0.6) is 11.5 Å². The first-order chi connectivity index (χ1) is 11.5. The highest BCUT2D eigenvalue weighted by molar-refractivity contribution is 7.16. The van der Waals surface area contributed by atoms with Gasteiger partial charge in [-0.1, -0.05) is 17.4 Å². The molecule has 0 unspecified atom stereocenters. The maximum atomic E-state index is 13.7. The second kappa shape index (κ2) is 5.41. The van der Waals surface area contributed by atoms with Crippen LogP contribution in [0.4, 0.5) is 8.78 Å². The number of hydrogen-bond donors (Lipinski definition) is 0. The Morgan fingerprint density at radius 2 is 1.88 bits per heavy atom. The van der Waals surface area contributed by atoms with Crippen LogP contribution in [0.2, 0.25) is 0 Å². The first-order valence-corrected chi connectivity index (χ1v) is 7.78. The van der Waals surface area contributed by atoms with Gasteiger partial charge in [0.25, 0.3) is 5.91 Å². The summed E-state index contributed by atoms with van der Waals surface area (Å²) in [6, 6.07) is 6.81. The monoisotopic (exact) mass is 348 g/mol. The fraction of sp³-hybridized carbons (Fsp3) is 0.125. The van der Waals surface area contributed by atoms with Crippen LogP contribution in [0, 0.1) is 11.6 Å². The van der Waals surface area contributed by atoms with E-state index < -0.39 is 23.1 Å². The third kappa shape index (κ3) is 2.26. The van der Waals surface area contributed by atoms with Crippen LogP contribution in [-0.4, -0.2) is 17.3 Å². The van der Waals surface area contributed by atoms with Gasteiger partial charge in [-0.3, -0.25) is 4.79 Å². The van der Waals surface area contributed by atoms with E-state index in [1.54, 1.807) is 23.7 Å². The number of carbonyl (C=O) groups excluding carboxylic acids is 1. The fourth-order valence-corrected chi connectivity index (χ4v) is 3.50. The molecule has 2 heterocycles. The first-order valence-electron chi connectivity index (χ1n) is 6.97. The lowest BCUT2D eigenvalue weighted by atomic mass is 10.2. The number of fused-ring (bicyclic) bond motifs is 2. The van der Waals surface area contributed by atoms with Crippen molar-refractivity contribution in [2.24, 2.45) is 12.0 Å². The summed E-state index contributed by atoms with van der Waals surface area (Å²) < 4.78 is 40.5. The summed E-state index contributed by atoms with van der Waals surface area (Å²) in [6.45, 7) is 0.165. The number of aryl methyl sites for hydroxylation is 1. The molecule has 24 heavy (non-hydrogen) atoms. The molecule has 0 N–H and O–H groups in total. The number of amides is 1. The highest BCUT2D eigenvalue weighted by Crippen LogP contribution is 2.36. The molecule has 0 saturated heterocycles. The first kappa shape index (κ1) is 14.8. The number of ether oxygens (including phenoxy) is 2. The number of aromatic nitrogens is 1. The van der Waals surface area contributed by atoms with Gasteiger partial charge in [0.2, 0.25) is 6.79 Å². The third-order valence-corrected chi connectivity index (χ3v) is 4.77. The van der Waals surface area contributed by atoms with Gasteiger partial charge < -0.3 is 14.0 Å². The van der Waals surface area contributed by atoms with Crippen LogP contribution < -0.4 is 14.3 Å². The van der Waals surface area contributed by atoms with E-state index in [2.05, 4.69) is 4.99 Å². The fourth-order valence-electron chi connectivity index (χ4n) is 2.47. The van der Waals surface area contributed by atoms with Gasteiger partial charge in [-0.05, 0) is 12.1 Å².